The zero-order valence-electron chi connectivity index (χ0n) is 18.5. The molecular formula is C22H34F3IN4O2. The molecule has 0 bridgehead atoms. The number of benzene rings is 1. The van der Waals surface area contributed by atoms with E-state index in [1.54, 1.807) is 19.2 Å². The number of rotatable bonds is 9. The summed E-state index contributed by atoms with van der Waals surface area (Å²) in [6.07, 6.45) is 0.0345. The molecular weight excluding hydrogens is 536 g/mol. The molecule has 0 saturated carbocycles. The molecule has 0 spiro atoms. The van der Waals surface area contributed by atoms with E-state index < -0.39 is 11.7 Å². The van der Waals surface area contributed by atoms with Crippen molar-refractivity contribution in [3.8, 4) is 0 Å². The number of likely N-dealkylation sites (tertiary alicyclic amines) is 1. The topological polar surface area (TPSA) is 58.1 Å². The molecule has 2 fully saturated rings. The van der Waals surface area contributed by atoms with Gasteiger partial charge in [-0.25, -0.2) is 0 Å². The minimum absolute atomic E-state index is 0. The number of guanidine groups is 1. The number of ether oxygens (including phenoxy) is 2. The highest BCUT2D eigenvalue weighted by molar-refractivity contribution is 14.0. The first-order chi connectivity index (χ1) is 14.9. The summed E-state index contributed by atoms with van der Waals surface area (Å²) in [7, 11) is 1.75. The van der Waals surface area contributed by atoms with E-state index in [9.17, 15) is 13.2 Å². The van der Waals surface area contributed by atoms with Crippen molar-refractivity contribution in [1.82, 2.24) is 15.5 Å². The quantitative estimate of drug-likeness (QED) is 0.206. The van der Waals surface area contributed by atoms with Crippen LogP contribution in [0.1, 0.15) is 36.8 Å². The zero-order chi connectivity index (χ0) is 22.1. The number of hydrogen-bond donors (Lipinski definition) is 2. The van der Waals surface area contributed by atoms with E-state index in [1.807, 2.05) is 0 Å². The summed E-state index contributed by atoms with van der Waals surface area (Å²) in [6.45, 7) is 5.34. The summed E-state index contributed by atoms with van der Waals surface area (Å²) < 4.78 is 49.3. The van der Waals surface area contributed by atoms with E-state index >= 15 is 0 Å². The normalized spacial score (nSPS) is 22.1. The van der Waals surface area contributed by atoms with Gasteiger partial charge in [-0.3, -0.25) is 9.89 Å². The van der Waals surface area contributed by atoms with E-state index in [0.29, 0.717) is 19.8 Å². The maximum atomic E-state index is 12.7. The Balaban J connectivity index is 0.00000363. The lowest BCUT2D eigenvalue weighted by atomic mass is 10.1. The Morgan fingerprint density at radius 2 is 2.03 bits per heavy atom. The molecule has 1 aromatic carbocycles. The van der Waals surface area contributed by atoms with Gasteiger partial charge in [0.15, 0.2) is 5.96 Å². The summed E-state index contributed by atoms with van der Waals surface area (Å²) in [4.78, 5) is 6.53. The van der Waals surface area contributed by atoms with Gasteiger partial charge in [0.1, 0.15) is 0 Å². The third-order valence-electron chi connectivity index (χ3n) is 5.61. The standard InChI is InChI=1S/C22H33F3N4O2.HI/c1-26-21(27-10-3-12-30-16-20-4-2-13-31-20)28-19-9-11-29(15-19)14-17-5-7-18(8-6-17)22(23,24)25;/h5-8,19-20H,2-4,9-16H2,1H3,(H2,26,27,28);1H. The van der Waals surface area contributed by atoms with Crippen LogP contribution in [0.5, 0.6) is 0 Å². The molecule has 32 heavy (non-hydrogen) atoms. The largest absolute Gasteiger partial charge is 0.416 e. The molecule has 2 aliphatic rings. The highest BCUT2D eigenvalue weighted by Gasteiger charge is 2.30. The van der Waals surface area contributed by atoms with Crippen LogP contribution < -0.4 is 10.6 Å². The summed E-state index contributed by atoms with van der Waals surface area (Å²) in [6, 6.07) is 5.68. The molecule has 0 aliphatic carbocycles. The van der Waals surface area contributed by atoms with Gasteiger partial charge in [-0.15, -0.1) is 24.0 Å². The van der Waals surface area contributed by atoms with Gasteiger partial charge in [-0.1, -0.05) is 12.1 Å². The van der Waals surface area contributed by atoms with E-state index in [-0.39, 0.29) is 36.1 Å². The highest BCUT2D eigenvalue weighted by Crippen LogP contribution is 2.29. The first kappa shape index (κ1) is 27.1. The summed E-state index contributed by atoms with van der Waals surface area (Å²) in [5.41, 5.74) is 0.281. The Morgan fingerprint density at radius 1 is 1.25 bits per heavy atom. The van der Waals surface area contributed by atoms with Crippen LogP contribution in [0.15, 0.2) is 29.3 Å². The second kappa shape index (κ2) is 13.6. The Bertz CT molecular complexity index is 697. The number of alkyl halides is 3. The van der Waals surface area contributed by atoms with Crippen molar-refractivity contribution in [1.29, 1.82) is 0 Å². The number of nitrogens with one attached hydrogen (secondary N) is 2. The van der Waals surface area contributed by atoms with Crippen molar-refractivity contribution in [2.75, 3.05) is 46.5 Å². The van der Waals surface area contributed by atoms with Gasteiger partial charge in [-0.05, 0) is 43.4 Å². The van der Waals surface area contributed by atoms with Crippen LogP contribution in [-0.4, -0.2) is 69.5 Å². The molecule has 2 aliphatic heterocycles. The van der Waals surface area contributed by atoms with Gasteiger partial charge < -0.3 is 20.1 Å². The maximum absolute atomic E-state index is 12.7. The molecule has 2 atom stereocenters. The highest BCUT2D eigenvalue weighted by atomic mass is 127. The predicted molar refractivity (Wildman–Crippen MR) is 129 cm³/mol. The van der Waals surface area contributed by atoms with Gasteiger partial charge >= 0.3 is 6.18 Å². The monoisotopic (exact) mass is 570 g/mol. The minimum Gasteiger partial charge on any atom is -0.379 e. The first-order valence-electron chi connectivity index (χ1n) is 11.0. The van der Waals surface area contributed by atoms with Crippen molar-refractivity contribution >= 4 is 29.9 Å². The number of nitrogens with zero attached hydrogens (tertiary/aromatic N) is 2. The third kappa shape index (κ3) is 9.03. The molecule has 0 amide bonds. The molecule has 2 heterocycles. The second-order valence-electron chi connectivity index (χ2n) is 8.12. The molecule has 2 N–H and O–H groups in total. The molecule has 0 aromatic heterocycles. The maximum Gasteiger partial charge on any atom is 0.416 e. The molecule has 2 saturated heterocycles. The van der Waals surface area contributed by atoms with Crippen molar-refractivity contribution in [3.05, 3.63) is 35.4 Å². The lowest BCUT2D eigenvalue weighted by Crippen LogP contribution is -2.44. The van der Waals surface area contributed by atoms with Crippen molar-refractivity contribution in [2.24, 2.45) is 4.99 Å². The smallest absolute Gasteiger partial charge is 0.379 e. The number of halogens is 4. The fourth-order valence-corrected chi connectivity index (χ4v) is 3.91. The van der Waals surface area contributed by atoms with Gasteiger partial charge in [-0.2, -0.15) is 13.2 Å². The van der Waals surface area contributed by atoms with Crippen LogP contribution in [-0.2, 0) is 22.2 Å². The fourth-order valence-electron chi connectivity index (χ4n) is 3.91. The lowest BCUT2D eigenvalue weighted by molar-refractivity contribution is -0.137. The van der Waals surface area contributed by atoms with Crippen LogP contribution in [0, 0.1) is 0 Å². The zero-order valence-corrected chi connectivity index (χ0v) is 20.8. The van der Waals surface area contributed by atoms with E-state index in [2.05, 4.69) is 20.5 Å². The van der Waals surface area contributed by atoms with Gasteiger partial charge in [0.25, 0.3) is 0 Å². The van der Waals surface area contributed by atoms with Crippen molar-refractivity contribution < 1.29 is 22.6 Å². The molecule has 6 nitrogen and oxygen atoms in total. The van der Waals surface area contributed by atoms with Crippen LogP contribution in [0.2, 0.25) is 0 Å². The van der Waals surface area contributed by atoms with Crippen LogP contribution >= 0.6 is 24.0 Å². The average molecular weight is 570 g/mol. The minimum atomic E-state index is -4.29. The van der Waals surface area contributed by atoms with Gasteiger partial charge in [0.2, 0.25) is 0 Å². The third-order valence-corrected chi connectivity index (χ3v) is 5.61. The predicted octanol–water partition coefficient (Wildman–Crippen LogP) is 3.65. The van der Waals surface area contributed by atoms with Crippen LogP contribution in [0.4, 0.5) is 13.2 Å². The lowest BCUT2D eigenvalue weighted by Gasteiger charge is -2.19. The van der Waals surface area contributed by atoms with Crippen molar-refractivity contribution in [3.63, 3.8) is 0 Å². The average Bonchev–Trinajstić information content (AvgIpc) is 3.41. The number of hydrogen-bond acceptors (Lipinski definition) is 4. The first-order valence-corrected chi connectivity index (χ1v) is 11.0. The second-order valence-corrected chi connectivity index (χ2v) is 8.12. The SMILES string of the molecule is CN=C(NCCCOCC1CCCO1)NC1CCN(Cc2ccc(C(F)(F)F)cc2)C1.I. The molecule has 1 aromatic rings. The van der Waals surface area contributed by atoms with Crippen LogP contribution in [0.3, 0.4) is 0 Å². The molecule has 3 rings (SSSR count). The van der Waals surface area contributed by atoms with Gasteiger partial charge in [0, 0.05) is 52.5 Å². The van der Waals surface area contributed by atoms with Crippen molar-refractivity contribution in [2.45, 2.75) is 50.6 Å². The molecule has 182 valence electrons. The Morgan fingerprint density at radius 3 is 2.69 bits per heavy atom. The van der Waals surface area contributed by atoms with E-state index in [4.69, 9.17) is 9.47 Å². The molecule has 10 heteroatoms. The Hall–Kier alpha value is -1.11. The Kier molecular flexibility index (Phi) is 11.5. The molecule has 2 unspecified atom stereocenters. The summed E-state index contributed by atoms with van der Waals surface area (Å²) in [5.74, 6) is 0.764. The Labute approximate surface area is 205 Å². The van der Waals surface area contributed by atoms with E-state index in [1.165, 1.54) is 0 Å². The van der Waals surface area contributed by atoms with Gasteiger partial charge in [0.05, 0.1) is 18.3 Å². The van der Waals surface area contributed by atoms with E-state index in [0.717, 1.165) is 75.6 Å². The number of aliphatic imine (C=N–C) groups is 1. The summed E-state index contributed by atoms with van der Waals surface area (Å²) >= 11 is 0. The fraction of sp³-hybridized carbons (Fsp3) is 0.682. The van der Waals surface area contributed by atoms with Crippen LogP contribution in [0.25, 0.3) is 0 Å². The molecule has 0 radical (unpaired) electrons. The summed E-state index contributed by atoms with van der Waals surface area (Å²) in [5, 5.41) is 6.75.